The van der Waals surface area contributed by atoms with Gasteiger partial charge in [-0.05, 0) is 66.6 Å². The number of rotatable bonds is 5. The standard InChI is InChI=1S/C25H22N3O/c1-17(2)20-12-19-10-11-28(25(19)26-14-20)22-6-9-24-21(13-22)16-27(24)15-18-4-7-23(29-3)8-5-18/h4-14,16H,1,15H2,2-3H3/q+1. The van der Waals surface area contributed by atoms with Crippen LogP contribution in [0.2, 0.25) is 0 Å². The lowest BCUT2D eigenvalue weighted by atomic mass is 10.1. The van der Waals surface area contributed by atoms with Gasteiger partial charge in [-0.1, -0.05) is 6.58 Å². The maximum absolute atomic E-state index is 5.23. The van der Waals surface area contributed by atoms with Crippen LogP contribution in [0, 0.1) is 0 Å². The van der Waals surface area contributed by atoms with Crippen molar-refractivity contribution in [1.29, 1.82) is 0 Å². The second kappa shape index (κ2) is 6.74. The van der Waals surface area contributed by atoms with Crippen molar-refractivity contribution < 1.29 is 4.74 Å². The molecule has 1 aliphatic heterocycles. The predicted molar refractivity (Wildman–Crippen MR) is 117 cm³/mol. The van der Waals surface area contributed by atoms with E-state index in [-0.39, 0.29) is 0 Å². The maximum Gasteiger partial charge on any atom is 0.219 e. The summed E-state index contributed by atoms with van der Waals surface area (Å²) in [4.78, 5) is 4.67. The lowest BCUT2D eigenvalue weighted by Crippen LogP contribution is -2.46. The average Bonchev–Trinajstić information content (AvgIpc) is 3.15. The van der Waals surface area contributed by atoms with Crippen LogP contribution in [-0.4, -0.2) is 16.7 Å². The van der Waals surface area contributed by atoms with Gasteiger partial charge < -0.3 is 9.30 Å². The molecule has 0 atom stereocenters. The van der Waals surface area contributed by atoms with Crippen molar-refractivity contribution in [3.63, 3.8) is 0 Å². The van der Waals surface area contributed by atoms with Crippen LogP contribution in [0.1, 0.15) is 18.1 Å². The second-order valence-corrected chi connectivity index (χ2v) is 7.45. The number of ether oxygens (including phenoxy) is 1. The number of aromatic nitrogens is 2. The molecule has 0 saturated heterocycles. The minimum atomic E-state index is 0.855. The molecule has 0 amide bonds. The van der Waals surface area contributed by atoms with Crippen LogP contribution < -0.4 is 19.9 Å². The van der Waals surface area contributed by atoms with Crippen LogP contribution >= 0.6 is 0 Å². The summed E-state index contributed by atoms with van der Waals surface area (Å²) < 4.78 is 9.64. The van der Waals surface area contributed by atoms with E-state index >= 15 is 0 Å². The molecule has 0 fully saturated rings. The number of hydrogen-bond acceptors (Lipinski definition) is 2. The number of fused-ring (bicyclic) bond motifs is 2. The second-order valence-electron chi connectivity index (χ2n) is 7.45. The van der Waals surface area contributed by atoms with Gasteiger partial charge in [0.15, 0.2) is 12.7 Å². The third-order valence-electron chi connectivity index (χ3n) is 5.42. The molecule has 0 unspecified atom stereocenters. The van der Waals surface area contributed by atoms with Crippen LogP contribution in [0.25, 0.3) is 28.5 Å². The van der Waals surface area contributed by atoms with Gasteiger partial charge in [0, 0.05) is 35.1 Å². The van der Waals surface area contributed by atoms with Crippen LogP contribution in [-0.2, 0) is 6.54 Å². The lowest BCUT2D eigenvalue weighted by Gasteiger charge is -2.09. The zero-order valence-electron chi connectivity index (χ0n) is 16.6. The molecule has 5 rings (SSSR count). The zero-order chi connectivity index (χ0) is 20.0. The molecule has 0 bridgehead atoms. The largest absolute Gasteiger partial charge is 0.497 e. The van der Waals surface area contributed by atoms with Gasteiger partial charge >= 0.3 is 0 Å². The topological polar surface area (TPSA) is 30.1 Å². The first kappa shape index (κ1) is 17.4. The van der Waals surface area contributed by atoms with E-state index in [2.05, 4.69) is 75.6 Å². The highest BCUT2D eigenvalue weighted by Gasteiger charge is 2.16. The van der Waals surface area contributed by atoms with Gasteiger partial charge in [-0.3, -0.25) is 0 Å². The van der Waals surface area contributed by atoms with E-state index in [0.29, 0.717) is 0 Å². The highest BCUT2D eigenvalue weighted by Crippen LogP contribution is 2.21. The molecule has 0 N–H and O–H groups in total. The number of methoxy groups -OCH3 is 1. The van der Waals surface area contributed by atoms with Gasteiger partial charge in [0.2, 0.25) is 5.36 Å². The monoisotopic (exact) mass is 380 g/mol. The number of benzene rings is 2. The highest BCUT2D eigenvalue weighted by molar-refractivity contribution is 5.81. The molecule has 29 heavy (non-hydrogen) atoms. The Balaban J connectivity index is 1.46. The third kappa shape index (κ3) is 3.03. The van der Waals surface area contributed by atoms with Crippen molar-refractivity contribution in [3.8, 4) is 11.4 Å². The molecule has 0 radical (unpaired) electrons. The molecule has 0 spiro atoms. The SMILES string of the molecule is C=C(C)c1cnc2c(ccn2-c2ccc3c(c2)=C[N+]=3Cc2ccc(OC)cc2)c1. The van der Waals surface area contributed by atoms with Crippen molar-refractivity contribution in [1.82, 2.24) is 14.1 Å². The number of hydrogen-bond donors (Lipinski definition) is 0. The molecule has 0 aliphatic carbocycles. The van der Waals surface area contributed by atoms with Crippen LogP contribution in [0.5, 0.6) is 5.75 Å². The number of nitrogens with zero attached hydrogens (tertiary/aromatic N) is 3. The first-order valence-electron chi connectivity index (χ1n) is 9.64. The van der Waals surface area contributed by atoms with Gasteiger partial charge in [0.25, 0.3) is 0 Å². The summed E-state index contributed by atoms with van der Waals surface area (Å²) >= 11 is 0. The Kier molecular flexibility index (Phi) is 4.06. The molecule has 4 heteroatoms. The molecule has 2 aromatic carbocycles. The molecular formula is C25H22N3O+. The van der Waals surface area contributed by atoms with E-state index in [4.69, 9.17) is 4.74 Å². The van der Waals surface area contributed by atoms with Crippen molar-refractivity contribution >= 4 is 22.8 Å². The van der Waals surface area contributed by atoms with Crippen LogP contribution in [0.4, 0.5) is 0 Å². The van der Waals surface area contributed by atoms with Crippen LogP contribution in [0.3, 0.4) is 0 Å². The van der Waals surface area contributed by atoms with Gasteiger partial charge in [-0.25, -0.2) is 4.98 Å². The Labute approximate surface area is 169 Å². The molecule has 3 heterocycles. The summed E-state index contributed by atoms with van der Waals surface area (Å²) in [6.07, 6.45) is 6.17. The summed E-state index contributed by atoms with van der Waals surface area (Å²) in [5.41, 5.74) is 5.44. The Morgan fingerprint density at radius 1 is 1.10 bits per heavy atom. The smallest absolute Gasteiger partial charge is 0.219 e. The number of allylic oxidation sites excluding steroid dienone is 1. The van der Waals surface area contributed by atoms with Gasteiger partial charge in [0.1, 0.15) is 16.6 Å². The van der Waals surface area contributed by atoms with E-state index in [1.807, 2.05) is 25.3 Å². The fourth-order valence-electron chi connectivity index (χ4n) is 3.75. The minimum absolute atomic E-state index is 0.855. The Hall–Kier alpha value is -3.66. The summed E-state index contributed by atoms with van der Waals surface area (Å²) in [7, 11) is 1.69. The summed E-state index contributed by atoms with van der Waals surface area (Å²) in [5, 5.41) is 3.62. The molecule has 2 aromatic heterocycles. The Morgan fingerprint density at radius 2 is 1.93 bits per heavy atom. The molecule has 1 aliphatic rings. The molecule has 4 aromatic rings. The molecule has 4 nitrogen and oxygen atoms in total. The fraction of sp³-hybridized carbons (Fsp3) is 0.120. The third-order valence-corrected chi connectivity index (χ3v) is 5.42. The highest BCUT2D eigenvalue weighted by atomic mass is 16.5. The van der Waals surface area contributed by atoms with Crippen molar-refractivity contribution in [2.24, 2.45) is 0 Å². The van der Waals surface area contributed by atoms with Crippen molar-refractivity contribution in [2.45, 2.75) is 13.5 Å². The first-order valence-corrected chi connectivity index (χ1v) is 9.64. The molecular weight excluding hydrogens is 358 g/mol. The Morgan fingerprint density at radius 3 is 2.66 bits per heavy atom. The quantitative estimate of drug-likeness (QED) is 0.496. The summed E-state index contributed by atoms with van der Waals surface area (Å²) in [5.74, 6) is 0.884. The summed E-state index contributed by atoms with van der Waals surface area (Å²) in [6, 6.07) is 19.0. The molecule has 142 valence electrons. The normalized spacial score (nSPS) is 12.3. The van der Waals surface area contributed by atoms with Crippen molar-refractivity contribution in [2.75, 3.05) is 7.11 Å². The lowest BCUT2D eigenvalue weighted by molar-refractivity contribution is 0.414. The van der Waals surface area contributed by atoms with Gasteiger partial charge in [0.05, 0.1) is 7.11 Å². The van der Waals surface area contributed by atoms with E-state index in [9.17, 15) is 0 Å². The summed E-state index contributed by atoms with van der Waals surface area (Å²) in [6.45, 7) is 6.87. The zero-order valence-corrected chi connectivity index (χ0v) is 16.6. The maximum atomic E-state index is 5.23. The predicted octanol–water partition coefficient (Wildman–Crippen LogP) is 3.51. The molecule has 0 saturated carbocycles. The van der Waals surface area contributed by atoms with Crippen molar-refractivity contribution in [3.05, 3.63) is 95.3 Å². The Bertz CT molecular complexity index is 1380. The minimum Gasteiger partial charge on any atom is -0.497 e. The van der Waals surface area contributed by atoms with Gasteiger partial charge in [-0.2, -0.15) is 4.58 Å². The first-order chi connectivity index (χ1) is 14.1. The fourth-order valence-corrected chi connectivity index (χ4v) is 3.75. The van der Waals surface area contributed by atoms with E-state index < -0.39 is 0 Å². The average molecular weight is 380 g/mol. The van der Waals surface area contributed by atoms with E-state index in [1.165, 1.54) is 16.1 Å². The van der Waals surface area contributed by atoms with E-state index in [0.717, 1.165) is 40.2 Å². The van der Waals surface area contributed by atoms with Crippen LogP contribution in [0.15, 0.2) is 73.6 Å². The van der Waals surface area contributed by atoms with E-state index in [1.54, 1.807) is 7.11 Å². The number of pyridine rings is 1. The van der Waals surface area contributed by atoms with Gasteiger partial charge in [-0.15, -0.1) is 0 Å².